The summed E-state index contributed by atoms with van der Waals surface area (Å²) < 4.78 is 10.7. The van der Waals surface area contributed by atoms with Crippen LogP contribution in [-0.4, -0.2) is 23.3 Å². The van der Waals surface area contributed by atoms with Crippen LogP contribution in [0.15, 0.2) is 68.7 Å². The van der Waals surface area contributed by atoms with Crippen molar-refractivity contribution < 1.29 is 24.2 Å². The molecule has 0 fully saturated rings. The number of aromatic hydroxyl groups is 2. The molecule has 0 aliphatic heterocycles. The Morgan fingerprint density at radius 2 is 1.87 bits per heavy atom. The summed E-state index contributed by atoms with van der Waals surface area (Å²) in [6.07, 6.45) is -0.133. The van der Waals surface area contributed by atoms with Gasteiger partial charge < -0.3 is 19.4 Å². The number of hydrogen-bond donors (Lipinski definition) is 2. The van der Waals surface area contributed by atoms with E-state index in [1.54, 1.807) is 12.1 Å². The predicted molar refractivity (Wildman–Crippen MR) is 114 cm³/mol. The molecule has 2 aromatic carbocycles. The first kappa shape index (κ1) is 21.5. The van der Waals surface area contributed by atoms with Gasteiger partial charge >= 0.3 is 5.97 Å². The van der Waals surface area contributed by atoms with E-state index in [1.165, 1.54) is 37.1 Å². The van der Waals surface area contributed by atoms with E-state index in [0.717, 1.165) is 10.5 Å². The number of carbonyl (C=O) groups excluding carboxylic acids is 1. The van der Waals surface area contributed by atoms with Gasteiger partial charge in [0.1, 0.15) is 11.5 Å². The monoisotopic (exact) mass is 426 g/mol. The highest BCUT2D eigenvalue weighted by Crippen LogP contribution is 2.35. The van der Waals surface area contributed by atoms with Crippen LogP contribution in [0.5, 0.6) is 11.5 Å². The number of ether oxygens (including phenoxy) is 1. The zero-order valence-electron chi connectivity index (χ0n) is 16.6. The molecule has 1 heterocycles. The highest BCUT2D eigenvalue weighted by molar-refractivity contribution is 7.98. The molecule has 0 spiro atoms. The van der Waals surface area contributed by atoms with Crippen LogP contribution in [0.4, 0.5) is 0 Å². The zero-order valence-corrected chi connectivity index (χ0v) is 17.4. The van der Waals surface area contributed by atoms with Gasteiger partial charge in [-0.2, -0.15) is 0 Å². The van der Waals surface area contributed by atoms with E-state index >= 15 is 0 Å². The molecular weight excluding hydrogens is 404 g/mol. The maximum atomic E-state index is 12.4. The lowest BCUT2D eigenvalue weighted by molar-refractivity contribution is -0.140. The zero-order chi connectivity index (χ0) is 21.7. The van der Waals surface area contributed by atoms with Crippen LogP contribution in [0.1, 0.15) is 35.0 Å². The van der Waals surface area contributed by atoms with E-state index in [-0.39, 0.29) is 17.9 Å². The van der Waals surface area contributed by atoms with Gasteiger partial charge in [-0.15, -0.1) is 11.8 Å². The molecule has 156 valence electrons. The number of aryl methyl sites for hydroxylation is 1. The summed E-state index contributed by atoms with van der Waals surface area (Å²) in [5.74, 6) is -0.978. The van der Waals surface area contributed by atoms with Crippen LogP contribution < -0.4 is 5.43 Å². The van der Waals surface area contributed by atoms with Gasteiger partial charge in [0.05, 0.1) is 25.2 Å². The molecule has 3 rings (SSSR count). The topological polar surface area (TPSA) is 97.0 Å². The summed E-state index contributed by atoms with van der Waals surface area (Å²) in [4.78, 5) is 25.4. The number of hydrogen-bond acceptors (Lipinski definition) is 7. The first-order valence-corrected chi connectivity index (χ1v) is 10.3. The van der Waals surface area contributed by atoms with Gasteiger partial charge in [0, 0.05) is 11.0 Å². The van der Waals surface area contributed by atoms with Gasteiger partial charge in [-0.1, -0.05) is 29.8 Å². The maximum absolute atomic E-state index is 12.4. The van der Waals surface area contributed by atoms with Gasteiger partial charge in [-0.05, 0) is 36.8 Å². The molecule has 3 aromatic rings. The second-order valence-electron chi connectivity index (χ2n) is 6.82. The molecule has 0 aliphatic carbocycles. The Hall–Kier alpha value is -3.19. The number of benzene rings is 2. The van der Waals surface area contributed by atoms with Crippen LogP contribution in [0.25, 0.3) is 0 Å². The van der Waals surface area contributed by atoms with Gasteiger partial charge in [0.15, 0.2) is 5.76 Å². The SMILES string of the molecule is COC(=O)C[C@@H](c1ccc(O)cc1)c1oc(CSc2cccc(C)c2)cc(=O)c1O. The van der Waals surface area contributed by atoms with Crippen molar-refractivity contribution >= 4 is 17.7 Å². The number of rotatable bonds is 7. The number of phenols is 1. The molecule has 2 N–H and O–H groups in total. The second kappa shape index (κ2) is 9.54. The molecule has 7 heteroatoms. The van der Waals surface area contributed by atoms with E-state index in [4.69, 9.17) is 9.15 Å². The van der Waals surface area contributed by atoms with Crippen molar-refractivity contribution in [3.63, 3.8) is 0 Å². The number of phenolic OH excluding ortho intramolecular Hbond substituents is 1. The summed E-state index contributed by atoms with van der Waals surface area (Å²) in [6, 6.07) is 15.3. The summed E-state index contributed by atoms with van der Waals surface area (Å²) in [7, 11) is 1.27. The third-order valence-electron chi connectivity index (χ3n) is 4.58. The molecule has 1 atom stereocenters. The highest BCUT2D eigenvalue weighted by atomic mass is 32.2. The minimum atomic E-state index is -0.741. The van der Waals surface area contributed by atoms with E-state index in [2.05, 4.69) is 0 Å². The lowest BCUT2D eigenvalue weighted by Gasteiger charge is -2.17. The van der Waals surface area contributed by atoms with Crippen molar-refractivity contribution in [3.8, 4) is 11.5 Å². The molecule has 0 amide bonds. The molecule has 30 heavy (non-hydrogen) atoms. The fourth-order valence-corrected chi connectivity index (χ4v) is 3.94. The Morgan fingerprint density at radius 1 is 1.13 bits per heavy atom. The Bertz CT molecular complexity index is 1090. The molecule has 6 nitrogen and oxygen atoms in total. The molecule has 0 aliphatic rings. The predicted octanol–water partition coefficient (Wildman–Crippen LogP) is 4.35. The molecule has 0 unspecified atom stereocenters. The Labute approximate surface area is 178 Å². The average Bonchev–Trinajstić information content (AvgIpc) is 2.73. The fraction of sp³-hybridized carbons (Fsp3) is 0.217. The van der Waals surface area contributed by atoms with Gasteiger partial charge in [-0.25, -0.2) is 0 Å². The van der Waals surface area contributed by atoms with Gasteiger partial charge in [0.2, 0.25) is 11.2 Å². The number of esters is 1. The van der Waals surface area contributed by atoms with Crippen molar-refractivity contribution in [1.29, 1.82) is 0 Å². The van der Waals surface area contributed by atoms with Crippen LogP contribution in [-0.2, 0) is 15.3 Å². The summed E-state index contributed by atoms with van der Waals surface area (Å²) in [6.45, 7) is 2.00. The summed E-state index contributed by atoms with van der Waals surface area (Å²) in [5, 5.41) is 20.0. The van der Waals surface area contributed by atoms with E-state index in [1.807, 2.05) is 31.2 Å². The van der Waals surface area contributed by atoms with E-state index in [0.29, 0.717) is 17.1 Å². The lowest BCUT2D eigenvalue weighted by Crippen LogP contribution is -2.14. The maximum Gasteiger partial charge on any atom is 0.306 e. The fourth-order valence-electron chi connectivity index (χ4n) is 3.04. The van der Waals surface area contributed by atoms with Crippen molar-refractivity contribution in [3.05, 3.63) is 87.5 Å². The standard InChI is InChI=1S/C23H22O6S/c1-14-4-3-5-18(10-14)30-13-17-11-20(25)22(27)23(29-17)19(12-21(26)28-2)15-6-8-16(24)9-7-15/h3-11,19,24,27H,12-13H2,1-2H3/t19-/m0/s1. The van der Waals surface area contributed by atoms with Crippen molar-refractivity contribution in [1.82, 2.24) is 0 Å². The Balaban J connectivity index is 1.96. The molecule has 0 saturated heterocycles. The first-order chi connectivity index (χ1) is 14.4. The third-order valence-corrected chi connectivity index (χ3v) is 5.60. The average molecular weight is 426 g/mol. The third kappa shape index (κ3) is 5.24. The second-order valence-corrected chi connectivity index (χ2v) is 7.87. The smallest absolute Gasteiger partial charge is 0.306 e. The quantitative estimate of drug-likeness (QED) is 0.428. The molecule has 0 bridgehead atoms. The van der Waals surface area contributed by atoms with Crippen LogP contribution in [0, 0.1) is 6.92 Å². The van der Waals surface area contributed by atoms with Crippen molar-refractivity contribution in [2.24, 2.45) is 0 Å². The van der Waals surface area contributed by atoms with Crippen molar-refractivity contribution in [2.45, 2.75) is 29.9 Å². The lowest BCUT2D eigenvalue weighted by atomic mass is 9.92. The summed E-state index contributed by atoms with van der Waals surface area (Å²) in [5.41, 5.74) is 1.14. The normalized spacial score (nSPS) is 11.8. The largest absolute Gasteiger partial charge is 0.508 e. The summed E-state index contributed by atoms with van der Waals surface area (Å²) >= 11 is 1.50. The molecule has 1 aromatic heterocycles. The Morgan fingerprint density at radius 3 is 2.53 bits per heavy atom. The van der Waals surface area contributed by atoms with Crippen LogP contribution >= 0.6 is 11.8 Å². The number of thioether (sulfide) groups is 1. The molecule has 0 saturated carbocycles. The Kier molecular flexibility index (Phi) is 6.84. The van der Waals surface area contributed by atoms with Crippen LogP contribution in [0.2, 0.25) is 0 Å². The minimum absolute atomic E-state index is 0.00145. The highest BCUT2D eigenvalue weighted by Gasteiger charge is 2.26. The van der Waals surface area contributed by atoms with Gasteiger partial charge in [-0.3, -0.25) is 9.59 Å². The van der Waals surface area contributed by atoms with Gasteiger partial charge in [0.25, 0.3) is 0 Å². The van der Waals surface area contributed by atoms with Crippen LogP contribution in [0.3, 0.4) is 0 Å². The van der Waals surface area contributed by atoms with Crippen molar-refractivity contribution in [2.75, 3.05) is 7.11 Å². The molecule has 0 radical (unpaired) electrons. The number of carbonyl (C=O) groups is 1. The van der Waals surface area contributed by atoms with E-state index < -0.39 is 23.1 Å². The number of methoxy groups -OCH3 is 1. The minimum Gasteiger partial charge on any atom is -0.508 e. The molecular formula is C23H22O6S. The van der Waals surface area contributed by atoms with E-state index in [9.17, 15) is 19.8 Å². The first-order valence-electron chi connectivity index (χ1n) is 9.28.